The summed E-state index contributed by atoms with van der Waals surface area (Å²) in [6.45, 7) is -2.63. The van der Waals surface area contributed by atoms with Crippen molar-refractivity contribution in [2.75, 3.05) is 19.0 Å². The molecule has 0 aliphatic carbocycles. The minimum Gasteiger partial charge on any atom is -0.434 e. The van der Waals surface area contributed by atoms with Crippen molar-refractivity contribution in [3.63, 3.8) is 0 Å². The van der Waals surface area contributed by atoms with E-state index in [2.05, 4.69) is 26.0 Å². The summed E-state index contributed by atoms with van der Waals surface area (Å²) in [6.07, 6.45) is 0.664. The van der Waals surface area contributed by atoms with Crippen LogP contribution in [-0.2, 0) is 4.74 Å². The van der Waals surface area contributed by atoms with Gasteiger partial charge in [0.25, 0.3) is 5.91 Å². The lowest BCUT2D eigenvalue weighted by atomic mass is 10.1. The van der Waals surface area contributed by atoms with Crippen molar-refractivity contribution in [3.05, 3.63) is 29.8 Å². The first kappa shape index (κ1) is 16.8. The molecule has 20 heavy (non-hydrogen) atoms. The van der Waals surface area contributed by atoms with E-state index in [4.69, 9.17) is 4.74 Å². The van der Waals surface area contributed by atoms with Crippen molar-refractivity contribution in [1.82, 2.24) is 5.32 Å². The minimum atomic E-state index is -2.97. The van der Waals surface area contributed by atoms with Crippen LogP contribution in [-0.4, -0.2) is 37.6 Å². The predicted octanol–water partition coefficient (Wildman–Crippen LogP) is 2.82. The minimum absolute atomic E-state index is 0.0727. The van der Waals surface area contributed by atoms with Gasteiger partial charge in [-0.25, -0.2) is 0 Å². The van der Waals surface area contributed by atoms with E-state index in [0.29, 0.717) is 18.4 Å². The van der Waals surface area contributed by atoms with Crippen LogP contribution in [0.3, 0.4) is 0 Å². The number of para-hydroxylation sites is 1. The molecule has 0 aromatic heterocycles. The maximum atomic E-state index is 12.3. The zero-order chi connectivity index (χ0) is 15.0. The van der Waals surface area contributed by atoms with Crippen molar-refractivity contribution < 1.29 is 23.0 Å². The average Bonchev–Trinajstić information content (AvgIpc) is 2.39. The Balaban J connectivity index is 2.80. The number of halogens is 3. The molecule has 1 N–H and O–H groups in total. The molecule has 1 aromatic rings. The molecule has 0 radical (unpaired) electrons. The molecule has 4 nitrogen and oxygen atoms in total. The second kappa shape index (κ2) is 8.86. The van der Waals surface area contributed by atoms with Gasteiger partial charge < -0.3 is 14.8 Å². The first-order valence-corrected chi connectivity index (χ1v) is 7.10. The zero-order valence-corrected chi connectivity index (χ0v) is 12.5. The summed E-state index contributed by atoms with van der Waals surface area (Å²) in [7, 11) is 1.53. The van der Waals surface area contributed by atoms with E-state index >= 15 is 0 Å². The third-order valence-electron chi connectivity index (χ3n) is 2.51. The summed E-state index contributed by atoms with van der Waals surface area (Å²) in [4.78, 5) is 12.1. The van der Waals surface area contributed by atoms with Crippen LogP contribution >= 0.6 is 15.9 Å². The molecule has 0 saturated carbocycles. The van der Waals surface area contributed by atoms with Crippen molar-refractivity contribution >= 4 is 21.8 Å². The number of carbonyl (C=O) groups excluding carboxylic acids is 1. The smallest absolute Gasteiger partial charge is 0.387 e. The molecular weight excluding hydrogens is 336 g/mol. The quantitative estimate of drug-likeness (QED) is 0.732. The molecule has 1 rings (SSSR count). The van der Waals surface area contributed by atoms with E-state index in [0.717, 1.165) is 0 Å². The molecule has 0 spiro atoms. The second-order valence-electron chi connectivity index (χ2n) is 3.98. The molecule has 0 bridgehead atoms. The summed E-state index contributed by atoms with van der Waals surface area (Å²) in [5, 5.41) is 3.42. The van der Waals surface area contributed by atoms with Crippen molar-refractivity contribution in [1.29, 1.82) is 0 Å². The Labute approximate surface area is 124 Å². The fraction of sp³-hybridized carbons (Fsp3) is 0.462. The van der Waals surface area contributed by atoms with Gasteiger partial charge in [0, 0.05) is 12.4 Å². The van der Waals surface area contributed by atoms with Gasteiger partial charge in [-0.2, -0.15) is 8.78 Å². The number of amides is 1. The number of alkyl halides is 3. The molecular formula is C13H16BrF2NO3. The maximum Gasteiger partial charge on any atom is 0.387 e. The van der Waals surface area contributed by atoms with Crippen LogP contribution < -0.4 is 10.1 Å². The van der Waals surface area contributed by atoms with Crippen LogP contribution in [0, 0.1) is 0 Å². The monoisotopic (exact) mass is 351 g/mol. The van der Waals surface area contributed by atoms with Gasteiger partial charge in [-0.1, -0.05) is 28.1 Å². The van der Waals surface area contributed by atoms with Gasteiger partial charge in [0.15, 0.2) is 0 Å². The van der Waals surface area contributed by atoms with Gasteiger partial charge in [-0.3, -0.25) is 4.79 Å². The SMILES string of the molecule is COCC(CCBr)NC(=O)c1ccccc1OC(F)F. The lowest BCUT2D eigenvalue weighted by molar-refractivity contribution is -0.0501. The van der Waals surface area contributed by atoms with Crippen molar-refractivity contribution in [3.8, 4) is 5.75 Å². The molecule has 1 aromatic carbocycles. The van der Waals surface area contributed by atoms with Gasteiger partial charge in [-0.15, -0.1) is 0 Å². The number of benzene rings is 1. The highest BCUT2D eigenvalue weighted by Crippen LogP contribution is 2.20. The lowest BCUT2D eigenvalue weighted by Gasteiger charge is -2.18. The summed E-state index contributed by atoms with van der Waals surface area (Å²) in [5.41, 5.74) is 0.0727. The summed E-state index contributed by atoms with van der Waals surface area (Å²) >= 11 is 3.28. The first-order chi connectivity index (χ1) is 9.58. The summed E-state index contributed by atoms with van der Waals surface area (Å²) in [6, 6.07) is 5.68. The van der Waals surface area contributed by atoms with Gasteiger partial charge in [0.05, 0.1) is 18.2 Å². The Kier molecular flexibility index (Phi) is 7.46. The molecule has 7 heteroatoms. The maximum absolute atomic E-state index is 12.3. The number of hydrogen-bond donors (Lipinski definition) is 1. The molecule has 112 valence electrons. The zero-order valence-electron chi connectivity index (χ0n) is 10.9. The number of hydrogen-bond acceptors (Lipinski definition) is 3. The molecule has 0 saturated heterocycles. The van der Waals surface area contributed by atoms with Gasteiger partial charge in [0.1, 0.15) is 5.75 Å². The number of rotatable bonds is 8. The molecule has 0 aliphatic heterocycles. The number of methoxy groups -OCH3 is 1. The Morgan fingerprint density at radius 2 is 2.10 bits per heavy atom. The van der Waals surface area contributed by atoms with Crippen molar-refractivity contribution in [2.24, 2.45) is 0 Å². The standard InChI is InChI=1S/C13H16BrF2NO3/c1-19-8-9(6-7-14)17-12(18)10-4-2-3-5-11(10)20-13(15)16/h2-5,9,13H,6-8H2,1H3,(H,17,18). The predicted molar refractivity (Wildman–Crippen MR) is 74.6 cm³/mol. The summed E-state index contributed by atoms with van der Waals surface area (Å²) < 4.78 is 33.9. The highest BCUT2D eigenvalue weighted by atomic mass is 79.9. The average molecular weight is 352 g/mol. The molecule has 0 aliphatic rings. The summed E-state index contributed by atoms with van der Waals surface area (Å²) in [5.74, 6) is -0.612. The highest BCUT2D eigenvalue weighted by molar-refractivity contribution is 9.09. The molecule has 0 fully saturated rings. The van der Waals surface area contributed by atoms with Crippen molar-refractivity contribution in [2.45, 2.75) is 19.1 Å². The van der Waals surface area contributed by atoms with Crippen LogP contribution in [0.4, 0.5) is 8.78 Å². The molecule has 1 unspecified atom stereocenters. The number of ether oxygens (including phenoxy) is 2. The normalized spacial score (nSPS) is 12.2. The lowest BCUT2D eigenvalue weighted by Crippen LogP contribution is -2.38. The third kappa shape index (κ3) is 5.42. The highest BCUT2D eigenvalue weighted by Gasteiger charge is 2.18. The largest absolute Gasteiger partial charge is 0.434 e. The van der Waals surface area contributed by atoms with Gasteiger partial charge in [-0.05, 0) is 18.6 Å². The van der Waals surface area contributed by atoms with Crippen LogP contribution in [0.5, 0.6) is 5.75 Å². The Hall–Kier alpha value is -1.21. The molecule has 1 atom stereocenters. The second-order valence-corrected chi connectivity index (χ2v) is 4.77. The number of nitrogens with one attached hydrogen (secondary N) is 1. The first-order valence-electron chi connectivity index (χ1n) is 5.98. The van der Waals surface area contributed by atoms with Crippen LogP contribution in [0.1, 0.15) is 16.8 Å². The Bertz CT molecular complexity index is 426. The van der Waals surface area contributed by atoms with E-state index in [1.165, 1.54) is 25.3 Å². The van der Waals surface area contributed by atoms with Crippen LogP contribution in [0.2, 0.25) is 0 Å². The van der Waals surface area contributed by atoms with Gasteiger partial charge >= 0.3 is 6.61 Å². The molecule has 1 amide bonds. The van der Waals surface area contributed by atoms with E-state index in [-0.39, 0.29) is 17.4 Å². The van der Waals surface area contributed by atoms with Crippen LogP contribution in [0.15, 0.2) is 24.3 Å². The third-order valence-corrected chi connectivity index (χ3v) is 2.97. The van der Waals surface area contributed by atoms with Crippen LogP contribution in [0.25, 0.3) is 0 Å². The van der Waals surface area contributed by atoms with E-state index in [9.17, 15) is 13.6 Å². The fourth-order valence-corrected chi connectivity index (χ4v) is 2.20. The fourth-order valence-electron chi connectivity index (χ4n) is 1.65. The molecule has 0 heterocycles. The van der Waals surface area contributed by atoms with E-state index in [1.807, 2.05) is 0 Å². The van der Waals surface area contributed by atoms with Gasteiger partial charge in [0.2, 0.25) is 0 Å². The number of carbonyl (C=O) groups is 1. The topological polar surface area (TPSA) is 47.6 Å². The van der Waals surface area contributed by atoms with E-state index < -0.39 is 12.5 Å². The van der Waals surface area contributed by atoms with E-state index in [1.54, 1.807) is 6.07 Å². The Morgan fingerprint density at radius 3 is 2.70 bits per heavy atom. The Morgan fingerprint density at radius 1 is 1.40 bits per heavy atom.